The number of hydrogen-bond donors (Lipinski definition) is 0. The first-order chi connectivity index (χ1) is 9.99. The second-order valence-corrected chi connectivity index (χ2v) is 4.54. The molecule has 2 heterocycles. The molecule has 21 heavy (non-hydrogen) atoms. The van der Waals surface area contributed by atoms with Gasteiger partial charge in [0.15, 0.2) is 0 Å². The van der Waals surface area contributed by atoms with Gasteiger partial charge >= 0.3 is 5.82 Å². The number of nitrogens with zero attached hydrogens (tertiary/aromatic N) is 6. The summed E-state index contributed by atoms with van der Waals surface area (Å²) in [6.45, 7) is 3.10. The minimum absolute atomic E-state index is 0.0428. The van der Waals surface area contributed by atoms with Crippen LogP contribution in [0.1, 0.15) is 12.6 Å². The highest BCUT2D eigenvalue weighted by Gasteiger charge is 2.16. The fourth-order valence-corrected chi connectivity index (χ4v) is 1.79. The number of aryl methyl sites for hydroxylation is 1. The van der Waals surface area contributed by atoms with Crippen molar-refractivity contribution in [1.82, 2.24) is 24.5 Å². The smallest absolute Gasteiger partial charge is 0.358 e. The van der Waals surface area contributed by atoms with Gasteiger partial charge in [-0.25, -0.2) is 0 Å². The van der Waals surface area contributed by atoms with Crippen LogP contribution in [0.4, 0.5) is 5.82 Å². The van der Waals surface area contributed by atoms with Gasteiger partial charge in [0.25, 0.3) is 0 Å². The van der Waals surface area contributed by atoms with E-state index in [0.717, 1.165) is 12.2 Å². The zero-order chi connectivity index (χ0) is 15.4. The van der Waals surface area contributed by atoms with E-state index in [0.29, 0.717) is 6.54 Å². The highest BCUT2D eigenvalue weighted by molar-refractivity contribution is 5.75. The summed E-state index contributed by atoms with van der Waals surface area (Å²) in [7, 11) is 1.66. The Hall–Kier alpha value is -2.71. The quantitative estimate of drug-likeness (QED) is 0.575. The molecule has 2 rings (SSSR count). The van der Waals surface area contributed by atoms with Crippen LogP contribution in [-0.2, 0) is 24.4 Å². The monoisotopic (exact) mass is 292 g/mol. The third kappa shape index (κ3) is 3.65. The van der Waals surface area contributed by atoms with Crippen molar-refractivity contribution in [2.45, 2.75) is 26.6 Å². The van der Waals surface area contributed by atoms with E-state index < -0.39 is 4.92 Å². The molecule has 0 aromatic carbocycles. The third-order valence-electron chi connectivity index (χ3n) is 2.96. The van der Waals surface area contributed by atoms with Gasteiger partial charge < -0.3 is 15.0 Å². The molecule has 0 aliphatic heterocycles. The van der Waals surface area contributed by atoms with Gasteiger partial charge in [-0.2, -0.15) is 9.78 Å². The molecule has 0 bridgehead atoms. The number of carbonyl (C=O) groups excluding carboxylic acids is 1. The molecule has 0 aliphatic rings. The summed E-state index contributed by atoms with van der Waals surface area (Å²) in [5.41, 5.74) is 0.791. The van der Waals surface area contributed by atoms with Crippen LogP contribution in [0.25, 0.3) is 0 Å². The van der Waals surface area contributed by atoms with E-state index in [1.165, 1.54) is 21.8 Å². The molecule has 0 unspecified atom stereocenters. The maximum atomic E-state index is 12.0. The van der Waals surface area contributed by atoms with Crippen LogP contribution in [0, 0.1) is 10.1 Å². The van der Waals surface area contributed by atoms with Gasteiger partial charge in [0, 0.05) is 19.8 Å². The Morgan fingerprint density at radius 3 is 2.62 bits per heavy atom. The molecule has 112 valence electrons. The highest BCUT2D eigenvalue weighted by atomic mass is 16.6. The predicted octanol–water partition coefficient (Wildman–Crippen LogP) is 0.666. The minimum Gasteiger partial charge on any atom is -0.358 e. The van der Waals surface area contributed by atoms with Gasteiger partial charge in [0.2, 0.25) is 5.91 Å². The fourth-order valence-electron chi connectivity index (χ4n) is 1.79. The fraction of sp³-hybridized carbons (Fsp3) is 0.417. The molecule has 0 aliphatic carbocycles. The Labute approximate surface area is 120 Å². The van der Waals surface area contributed by atoms with E-state index in [1.807, 2.05) is 19.2 Å². The molecule has 0 atom stereocenters. The molecule has 0 radical (unpaired) electrons. The van der Waals surface area contributed by atoms with E-state index in [-0.39, 0.29) is 18.3 Å². The molecule has 2 aromatic heterocycles. The molecule has 2 aromatic rings. The zero-order valence-electron chi connectivity index (χ0n) is 11.8. The second-order valence-electron chi connectivity index (χ2n) is 4.54. The standard InChI is InChI=1S/C12H16N6O3/c1-3-16-6-4-10(13-16)8-15(2)12(19)9-17-7-5-11(14-17)18(20)21/h4-7H,3,8-9H2,1-2H3. The van der Waals surface area contributed by atoms with Gasteiger partial charge in [-0.3, -0.25) is 9.48 Å². The van der Waals surface area contributed by atoms with Crippen molar-refractivity contribution in [3.8, 4) is 0 Å². The largest absolute Gasteiger partial charge is 0.389 e. The topological polar surface area (TPSA) is 99.1 Å². The van der Waals surface area contributed by atoms with Crippen LogP contribution >= 0.6 is 0 Å². The molecular weight excluding hydrogens is 276 g/mol. The second kappa shape index (κ2) is 6.16. The first-order valence-corrected chi connectivity index (χ1v) is 6.43. The van der Waals surface area contributed by atoms with Crippen LogP contribution in [-0.4, -0.2) is 42.3 Å². The number of carbonyl (C=O) groups is 1. The summed E-state index contributed by atoms with van der Waals surface area (Å²) in [5.74, 6) is -0.466. The lowest BCUT2D eigenvalue weighted by Crippen LogP contribution is -2.30. The summed E-state index contributed by atoms with van der Waals surface area (Å²) in [6, 6.07) is 3.11. The molecule has 1 amide bonds. The van der Waals surface area contributed by atoms with E-state index in [9.17, 15) is 14.9 Å². The maximum absolute atomic E-state index is 12.0. The normalized spacial score (nSPS) is 10.6. The van der Waals surface area contributed by atoms with Gasteiger partial charge in [0.05, 0.1) is 29.6 Å². The summed E-state index contributed by atoms with van der Waals surface area (Å²) in [5, 5.41) is 18.5. The van der Waals surface area contributed by atoms with E-state index in [4.69, 9.17) is 0 Å². The molecule has 0 saturated heterocycles. The Bertz CT molecular complexity index is 647. The Balaban J connectivity index is 1.93. The number of amides is 1. The lowest BCUT2D eigenvalue weighted by atomic mass is 10.4. The molecule has 0 spiro atoms. The van der Waals surface area contributed by atoms with Crippen LogP contribution in [0.2, 0.25) is 0 Å². The lowest BCUT2D eigenvalue weighted by Gasteiger charge is -2.14. The van der Waals surface area contributed by atoms with Crippen LogP contribution in [0.3, 0.4) is 0 Å². The highest BCUT2D eigenvalue weighted by Crippen LogP contribution is 2.06. The maximum Gasteiger partial charge on any atom is 0.389 e. The van der Waals surface area contributed by atoms with Crippen LogP contribution < -0.4 is 0 Å². The number of nitro groups is 1. The van der Waals surface area contributed by atoms with E-state index in [2.05, 4.69) is 10.2 Å². The van der Waals surface area contributed by atoms with Crippen molar-refractivity contribution >= 4 is 11.7 Å². The molecule has 9 nitrogen and oxygen atoms in total. The molecule has 0 fully saturated rings. The minimum atomic E-state index is -0.595. The van der Waals surface area contributed by atoms with Crippen LogP contribution in [0.15, 0.2) is 24.5 Å². The molecular formula is C12H16N6O3. The van der Waals surface area contributed by atoms with Crippen molar-refractivity contribution in [3.63, 3.8) is 0 Å². The molecule has 0 saturated carbocycles. The number of hydrogen-bond acceptors (Lipinski definition) is 5. The third-order valence-corrected chi connectivity index (χ3v) is 2.96. The Kier molecular flexibility index (Phi) is 4.31. The average molecular weight is 292 g/mol. The first-order valence-electron chi connectivity index (χ1n) is 6.43. The molecule has 9 heteroatoms. The van der Waals surface area contributed by atoms with Gasteiger partial charge in [-0.15, -0.1) is 0 Å². The van der Waals surface area contributed by atoms with Crippen molar-refractivity contribution < 1.29 is 9.72 Å². The summed E-state index contributed by atoms with van der Waals surface area (Å²) in [6.07, 6.45) is 3.26. The molecule has 0 N–H and O–H groups in total. The average Bonchev–Trinajstić information content (AvgIpc) is 3.07. The van der Waals surface area contributed by atoms with Crippen molar-refractivity contribution in [1.29, 1.82) is 0 Å². The zero-order valence-corrected chi connectivity index (χ0v) is 11.8. The number of rotatable bonds is 6. The number of likely N-dealkylation sites (N-methyl/N-ethyl adjacent to an activating group) is 1. The predicted molar refractivity (Wildman–Crippen MR) is 73.3 cm³/mol. The SMILES string of the molecule is CCn1ccc(CN(C)C(=O)Cn2ccc([N+](=O)[O-])n2)n1. The van der Waals surface area contributed by atoms with Crippen molar-refractivity contribution in [2.75, 3.05) is 7.05 Å². The summed E-state index contributed by atoms with van der Waals surface area (Å²) in [4.78, 5) is 23.5. The Morgan fingerprint density at radius 2 is 2.05 bits per heavy atom. The summed E-state index contributed by atoms with van der Waals surface area (Å²) < 4.78 is 3.03. The summed E-state index contributed by atoms with van der Waals surface area (Å²) >= 11 is 0. The first kappa shape index (κ1) is 14.7. The Morgan fingerprint density at radius 1 is 1.33 bits per heavy atom. The van der Waals surface area contributed by atoms with E-state index in [1.54, 1.807) is 11.7 Å². The van der Waals surface area contributed by atoms with Crippen molar-refractivity contribution in [2.24, 2.45) is 0 Å². The van der Waals surface area contributed by atoms with Crippen LogP contribution in [0.5, 0.6) is 0 Å². The van der Waals surface area contributed by atoms with Gasteiger partial charge in [-0.1, -0.05) is 0 Å². The van der Waals surface area contributed by atoms with Crippen molar-refractivity contribution in [3.05, 3.63) is 40.3 Å². The lowest BCUT2D eigenvalue weighted by molar-refractivity contribution is -0.389. The number of aromatic nitrogens is 4. The van der Waals surface area contributed by atoms with Gasteiger partial charge in [0.1, 0.15) is 6.54 Å². The van der Waals surface area contributed by atoms with Gasteiger partial charge in [-0.05, 0) is 17.9 Å². The van der Waals surface area contributed by atoms with E-state index >= 15 is 0 Å².